The van der Waals surface area contributed by atoms with Gasteiger partial charge >= 0.3 is 0 Å². The second-order valence-corrected chi connectivity index (χ2v) is 4.84. The quantitative estimate of drug-likeness (QED) is 0.785. The Kier molecular flexibility index (Phi) is 2.46. The molecule has 1 unspecified atom stereocenters. The fourth-order valence-corrected chi connectivity index (χ4v) is 2.80. The van der Waals surface area contributed by atoms with Crippen LogP contribution in [0.2, 0.25) is 0 Å². The number of benzene rings is 2. The van der Waals surface area contributed by atoms with E-state index in [0.29, 0.717) is 6.54 Å². The maximum Gasteiger partial charge on any atom is 0.262 e. The molecule has 2 aromatic rings. The lowest BCUT2D eigenvalue weighted by Crippen LogP contribution is -2.28. The SMILES string of the molecule is O=S(O)N1Cc2ccccc2-c2ccccc21. The Morgan fingerprint density at radius 3 is 2.41 bits per heavy atom. The molecule has 0 spiro atoms. The first-order valence-electron chi connectivity index (χ1n) is 5.33. The average Bonchev–Trinajstić information content (AvgIpc) is 2.37. The largest absolute Gasteiger partial charge is 0.289 e. The van der Waals surface area contributed by atoms with Crippen molar-refractivity contribution in [2.45, 2.75) is 6.54 Å². The fourth-order valence-electron chi connectivity index (χ4n) is 2.22. The summed E-state index contributed by atoms with van der Waals surface area (Å²) in [7, 11) is 0. The van der Waals surface area contributed by atoms with Crippen molar-refractivity contribution in [3.8, 4) is 11.1 Å². The van der Waals surface area contributed by atoms with E-state index in [1.807, 2.05) is 48.5 Å². The summed E-state index contributed by atoms with van der Waals surface area (Å²) < 4.78 is 22.2. The Labute approximate surface area is 102 Å². The zero-order valence-electron chi connectivity index (χ0n) is 9.04. The molecule has 1 heterocycles. The smallest absolute Gasteiger partial charge is 0.262 e. The minimum absolute atomic E-state index is 0.469. The summed E-state index contributed by atoms with van der Waals surface area (Å²) in [5, 5.41) is 0. The Balaban J connectivity index is 2.26. The van der Waals surface area contributed by atoms with Crippen LogP contribution < -0.4 is 4.31 Å². The van der Waals surface area contributed by atoms with Gasteiger partial charge < -0.3 is 0 Å². The van der Waals surface area contributed by atoms with Crippen LogP contribution in [0.25, 0.3) is 11.1 Å². The van der Waals surface area contributed by atoms with Crippen LogP contribution in [0, 0.1) is 0 Å². The second-order valence-electron chi connectivity index (χ2n) is 3.94. The van der Waals surface area contributed by atoms with Gasteiger partial charge in [0.2, 0.25) is 0 Å². The third kappa shape index (κ3) is 1.66. The van der Waals surface area contributed by atoms with Gasteiger partial charge in [-0.3, -0.25) is 8.86 Å². The highest BCUT2D eigenvalue weighted by molar-refractivity contribution is 7.80. The molecule has 0 saturated heterocycles. The zero-order valence-corrected chi connectivity index (χ0v) is 9.85. The number of para-hydroxylation sites is 1. The molecule has 0 saturated carbocycles. The third-order valence-corrected chi connectivity index (χ3v) is 3.69. The highest BCUT2D eigenvalue weighted by Crippen LogP contribution is 2.38. The van der Waals surface area contributed by atoms with Crippen molar-refractivity contribution in [2.75, 3.05) is 4.31 Å². The molecular formula is C13H11NO2S. The van der Waals surface area contributed by atoms with E-state index in [2.05, 4.69) is 0 Å². The molecule has 17 heavy (non-hydrogen) atoms. The van der Waals surface area contributed by atoms with Gasteiger partial charge in [-0.1, -0.05) is 42.5 Å². The summed E-state index contributed by atoms with van der Waals surface area (Å²) in [6.07, 6.45) is 0. The van der Waals surface area contributed by atoms with Gasteiger partial charge in [0.1, 0.15) is 0 Å². The minimum Gasteiger partial charge on any atom is -0.289 e. The lowest BCUT2D eigenvalue weighted by molar-refractivity contribution is 0.558. The molecule has 1 aliphatic heterocycles. The highest BCUT2D eigenvalue weighted by atomic mass is 32.2. The summed E-state index contributed by atoms with van der Waals surface area (Å²) in [4.78, 5) is 0. The number of hydrogen-bond donors (Lipinski definition) is 1. The lowest BCUT2D eigenvalue weighted by atomic mass is 9.95. The first-order chi connectivity index (χ1) is 8.27. The van der Waals surface area contributed by atoms with Gasteiger partial charge in [0.05, 0.1) is 12.2 Å². The third-order valence-electron chi connectivity index (χ3n) is 2.98. The number of fused-ring (bicyclic) bond motifs is 3. The Hall–Kier alpha value is -1.65. The van der Waals surface area contributed by atoms with Gasteiger partial charge in [0, 0.05) is 5.56 Å². The van der Waals surface area contributed by atoms with Gasteiger partial charge in [-0.25, -0.2) is 4.21 Å². The van der Waals surface area contributed by atoms with Crippen LogP contribution >= 0.6 is 0 Å². The zero-order chi connectivity index (χ0) is 11.8. The second kappa shape index (κ2) is 3.98. The normalized spacial score (nSPS) is 15.0. The van der Waals surface area contributed by atoms with Crippen molar-refractivity contribution in [3.05, 3.63) is 54.1 Å². The van der Waals surface area contributed by atoms with Crippen LogP contribution in [0.1, 0.15) is 5.56 Å². The summed E-state index contributed by atoms with van der Waals surface area (Å²) in [5.74, 6) is 0. The highest BCUT2D eigenvalue weighted by Gasteiger charge is 2.24. The standard InChI is InChI=1S/C13H11NO2S/c15-17(16)14-9-10-5-1-2-6-11(10)12-7-3-4-8-13(12)14/h1-8H,9H2,(H,15,16). The lowest BCUT2D eigenvalue weighted by Gasteiger charge is -2.29. The molecule has 0 radical (unpaired) electrons. The van der Waals surface area contributed by atoms with E-state index >= 15 is 0 Å². The molecule has 4 heteroatoms. The van der Waals surface area contributed by atoms with Crippen molar-refractivity contribution in [2.24, 2.45) is 0 Å². The number of rotatable bonds is 1. The Bertz CT molecular complexity index is 597. The Morgan fingerprint density at radius 1 is 1.00 bits per heavy atom. The molecule has 0 fully saturated rings. The van der Waals surface area contributed by atoms with Crippen molar-refractivity contribution >= 4 is 17.0 Å². The summed E-state index contributed by atoms with van der Waals surface area (Å²) in [5.41, 5.74) is 4.04. The molecule has 0 bridgehead atoms. The molecule has 0 aliphatic carbocycles. The average molecular weight is 245 g/mol. The number of anilines is 1. The van der Waals surface area contributed by atoms with Crippen molar-refractivity contribution in [1.29, 1.82) is 0 Å². The molecule has 1 N–H and O–H groups in total. The number of hydrogen-bond acceptors (Lipinski definition) is 1. The van der Waals surface area contributed by atoms with Gasteiger partial charge in [-0.15, -0.1) is 0 Å². The van der Waals surface area contributed by atoms with E-state index in [9.17, 15) is 8.76 Å². The van der Waals surface area contributed by atoms with Crippen LogP contribution in [0.5, 0.6) is 0 Å². The molecular weight excluding hydrogens is 234 g/mol. The summed E-state index contributed by atoms with van der Waals surface area (Å²) >= 11 is -1.99. The molecule has 3 nitrogen and oxygen atoms in total. The Morgan fingerprint density at radius 2 is 1.65 bits per heavy atom. The maximum absolute atomic E-state index is 11.4. The first kappa shape index (κ1) is 10.5. The first-order valence-corrected chi connectivity index (χ1v) is 6.39. The van der Waals surface area contributed by atoms with Crippen LogP contribution in [-0.4, -0.2) is 8.76 Å². The molecule has 3 rings (SSSR count). The number of nitrogens with zero attached hydrogens (tertiary/aromatic N) is 1. The molecule has 0 aromatic heterocycles. The van der Waals surface area contributed by atoms with E-state index < -0.39 is 11.3 Å². The van der Waals surface area contributed by atoms with Crippen molar-refractivity contribution in [1.82, 2.24) is 0 Å². The molecule has 0 amide bonds. The van der Waals surface area contributed by atoms with E-state index in [4.69, 9.17) is 0 Å². The summed E-state index contributed by atoms with van der Waals surface area (Å²) in [6, 6.07) is 15.7. The predicted octanol–water partition coefficient (Wildman–Crippen LogP) is 2.81. The van der Waals surface area contributed by atoms with Crippen LogP contribution in [0.3, 0.4) is 0 Å². The molecule has 2 aromatic carbocycles. The van der Waals surface area contributed by atoms with Gasteiger partial charge in [-0.05, 0) is 17.2 Å². The van der Waals surface area contributed by atoms with Crippen LogP contribution in [0.4, 0.5) is 5.69 Å². The van der Waals surface area contributed by atoms with E-state index in [0.717, 1.165) is 22.4 Å². The van der Waals surface area contributed by atoms with Crippen LogP contribution in [-0.2, 0) is 17.8 Å². The van der Waals surface area contributed by atoms with Gasteiger partial charge in [0.15, 0.2) is 0 Å². The topological polar surface area (TPSA) is 40.5 Å². The van der Waals surface area contributed by atoms with E-state index in [1.165, 1.54) is 4.31 Å². The minimum atomic E-state index is -1.99. The molecule has 1 atom stereocenters. The predicted molar refractivity (Wildman–Crippen MR) is 68.8 cm³/mol. The van der Waals surface area contributed by atoms with E-state index in [1.54, 1.807) is 0 Å². The maximum atomic E-state index is 11.4. The van der Waals surface area contributed by atoms with Crippen molar-refractivity contribution in [3.63, 3.8) is 0 Å². The van der Waals surface area contributed by atoms with Gasteiger partial charge in [0.25, 0.3) is 11.3 Å². The van der Waals surface area contributed by atoms with E-state index in [-0.39, 0.29) is 0 Å². The monoisotopic (exact) mass is 245 g/mol. The van der Waals surface area contributed by atoms with Crippen molar-refractivity contribution < 1.29 is 8.76 Å². The molecule has 86 valence electrons. The molecule has 1 aliphatic rings. The summed E-state index contributed by atoms with van der Waals surface area (Å²) in [6.45, 7) is 0.469. The fraction of sp³-hybridized carbons (Fsp3) is 0.0769. The van der Waals surface area contributed by atoms with Crippen LogP contribution in [0.15, 0.2) is 48.5 Å². The van der Waals surface area contributed by atoms with Gasteiger partial charge in [-0.2, -0.15) is 0 Å².